The minimum absolute atomic E-state index is 0.0828. The summed E-state index contributed by atoms with van der Waals surface area (Å²) in [7, 11) is 0. The van der Waals surface area contributed by atoms with Crippen molar-refractivity contribution in [3.05, 3.63) is 28.5 Å². The molecular formula is C14H17ClN2O3. The van der Waals surface area contributed by atoms with Crippen LogP contribution in [-0.4, -0.2) is 28.0 Å². The summed E-state index contributed by atoms with van der Waals surface area (Å²) >= 11 is 5.89. The van der Waals surface area contributed by atoms with Gasteiger partial charge < -0.3 is 10.4 Å². The number of amides is 1. The highest BCUT2D eigenvalue weighted by molar-refractivity contribution is 6.29. The molecule has 1 aliphatic rings. The highest BCUT2D eigenvalue weighted by Crippen LogP contribution is 2.26. The van der Waals surface area contributed by atoms with Crippen LogP contribution in [0.25, 0.3) is 0 Å². The minimum atomic E-state index is -0.790. The molecule has 1 heterocycles. The van der Waals surface area contributed by atoms with Gasteiger partial charge in [-0.1, -0.05) is 18.5 Å². The van der Waals surface area contributed by atoms with Gasteiger partial charge in [-0.05, 0) is 37.8 Å². The van der Waals surface area contributed by atoms with Crippen LogP contribution in [0.15, 0.2) is 12.1 Å². The number of carbonyl (C=O) groups excluding carboxylic acids is 1. The van der Waals surface area contributed by atoms with Crippen molar-refractivity contribution in [2.24, 2.45) is 5.92 Å². The van der Waals surface area contributed by atoms with Gasteiger partial charge in [0.2, 0.25) is 0 Å². The molecule has 20 heavy (non-hydrogen) atoms. The first-order valence-corrected chi connectivity index (χ1v) is 7.07. The number of carboxylic acid groups (broad SMARTS) is 1. The molecule has 2 rings (SSSR count). The average Bonchev–Trinajstić information content (AvgIpc) is 2.86. The van der Waals surface area contributed by atoms with Gasteiger partial charge in [-0.15, -0.1) is 0 Å². The van der Waals surface area contributed by atoms with Gasteiger partial charge in [0.05, 0.1) is 5.92 Å². The van der Waals surface area contributed by atoms with Crippen LogP contribution in [0.1, 0.15) is 42.2 Å². The Morgan fingerprint density at radius 1 is 1.45 bits per heavy atom. The molecular weight excluding hydrogens is 280 g/mol. The minimum Gasteiger partial charge on any atom is -0.481 e. The van der Waals surface area contributed by atoms with Crippen molar-refractivity contribution in [1.82, 2.24) is 10.3 Å². The molecule has 0 spiro atoms. The van der Waals surface area contributed by atoms with E-state index in [4.69, 9.17) is 16.7 Å². The number of aromatic nitrogens is 1. The fourth-order valence-corrected chi connectivity index (χ4v) is 2.70. The lowest BCUT2D eigenvalue weighted by atomic mass is 10.1. The van der Waals surface area contributed by atoms with Gasteiger partial charge in [-0.25, -0.2) is 4.98 Å². The molecule has 0 saturated heterocycles. The van der Waals surface area contributed by atoms with E-state index in [1.165, 1.54) is 6.07 Å². The number of aliphatic carboxylic acids is 1. The predicted molar refractivity (Wildman–Crippen MR) is 74.9 cm³/mol. The monoisotopic (exact) mass is 296 g/mol. The van der Waals surface area contributed by atoms with E-state index in [9.17, 15) is 9.59 Å². The van der Waals surface area contributed by atoms with Crippen LogP contribution >= 0.6 is 11.6 Å². The molecule has 0 bridgehead atoms. The fourth-order valence-electron chi connectivity index (χ4n) is 2.47. The molecule has 1 saturated carbocycles. The quantitative estimate of drug-likeness (QED) is 0.836. The zero-order chi connectivity index (χ0) is 14.7. The van der Waals surface area contributed by atoms with Crippen LogP contribution in [0.3, 0.4) is 0 Å². The fraction of sp³-hybridized carbons (Fsp3) is 0.500. The van der Waals surface area contributed by atoms with E-state index in [2.05, 4.69) is 10.3 Å². The number of halogens is 1. The largest absolute Gasteiger partial charge is 0.481 e. The third-order valence-electron chi connectivity index (χ3n) is 3.59. The summed E-state index contributed by atoms with van der Waals surface area (Å²) in [5.41, 5.74) is 1.23. The predicted octanol–water partition coefficient (Wildman–Crippen LogP) is 2.28. The van der Waals surface area contributed by atoms with E-state index in [1.54, 1.807) is 6.07 Å². The second kappa shape index (κ2) is 6.22. The van der Waals surface area contributed by atoms with E-state index in [0.717, 1.165) is 5.69 Å². The van der Waals surface area contributed by atoms with Crippen molar-refractivity contribution < 1.29 is 14.7 Å². The number of hydrogen-bond donors (Lipinski definition) is 2. The summed E-state index contributed by atoms with van der Waals surface area (Å²) in [6.45, 7) is 1.94. The summed E-state index contributed by atoms with van der Waals surface area (Å²) < 4.78 is 0. The van der Waals surface area contributed by atoms with Gasteiger partial charge in [-0.2, -0.15) is 0 Å². The highest BCUT2D eigenvalue weighted by Gasteiger charge is 2.30. The van der Waals surface area contributed by atoms with Gasteiger partial charge in [0, 0.05) is 17.3 Å². The molecule has 0 unspecified atom stereocenters. The van der Waals surface area contributed by atoms with Gasteiger partial charge in [-0.3, -0.25) is 9.59 Å². The Hall–Kier alpha value is -1.62. The van der Waals surface area contributed by atoms with Crippen molar-refractivity contribution in [3.63, 3.8) is 0 Å². The van der Waals surface area contributed by atoms with Crippen LogP contribution in [0, 0.1) is 5.92 Å². The Morgan fingerprint density at radius 2 is 2.20 bits per heavy atom. The summed E-state index contributed by atoms with van der Waals surface area (Å²) in [6, 6.07) is 3.16. The number of carboxylic acids is 1. The van der Waals surface area contributed by atoms with Gasteiger partial charge in [0.1, 0.15) is 5.15 Å². The van der Waals surface area contributed by atoms with Crippen molar-refractivity contribution in [2.75, 3.05) is 0 Å². The molecule has 2 atom stereocenters. The molecule has 0 radical (unpaired) electrons. The Bertz CT molecular complexity index is 533. The number of rotatable bonds is 4. The molecule has 2 N–H and O–H groups in total. The normalized spacial score (nSPS) is 21.7. The molecule has 1 amide bonds. The van der Waals surface area contributed by atoms with Crippen molar-refractivity contribution in [1.29, 1.82) is 0 Å². The van der Waals surface area contributed by atoms with E-state index in [-0.39, 0.29) is 17.9 Å². The van der Waals surface area contributed by atoms with E-state index in [0.29, 0.717) is 36.4 Å². The summed E-state index contributed by atoms with van der Waals surface area (Å²) in [5.74, 6) is -1.37. The highest BCUT2D eigenvalue weighted by atomic mass is 35.5. The second-order valence-electron chi connectivity index (χ2n) is 5.04. The summed E-state index contributed by atoms with van der Waals surface area (Å²) in [4.78, 5) is 27.2. The Morgan fingerprint density at radius 3 is 2.80 bits per heavy atom. The Kier molecular flexibility index (Phi) is 4.60. The molecule has 1 aromatic rings. The topological polar surface area (TPSA) is 79.3 Å². The lowest BCUT2D eigenvalue weighted by Gasteiger charge is -2.13. The molecule has 1 fully saturated rings. The molecule has 0 aliphatic heterocycles. The maximum atomic E-state index is 12.2. The van der Waals surface area contributed by atoms with E-state index < -0.39 is 5.97 Å². The summed E-state index contributed by atoms with van der Waals surface area (Å²) in [5, 5.41) is 12.1. The number of pyridine rings is 1. The zero-order valence-corrected chi connectivity index (χ0v) is 12.0. The van der Waals surface area contributed by atoms with Crippen molar-refractivity contribution >= 4 is 23.5 Å². The second-order valence-corrected chi connectivity index (χ2v) is 5.43. The SMILES string of the molecule is CCc1cc(C(=O)N[C@H]2CC[C@@H](C(=O)O)C2)cc(Cl)n1. The van der Waals surface area contributed by atoms with Crippen LogP contribution in [-0.2, 0) is 11.2 Å². The van der Waals surface area contributed by atoms with Crippen molar-refractivity contribution in [2.45, 2.75) is 38.6 Å². The molecule has 108 valence electrons. The van der Waals surface area contributed by atoms with Crippen LogP contribution in [0.4, 0.5) is 0 Å². The number of aryl methyl sites for hydroxylation is 1. The summed E-state index contributed by atoms with van der Waals surface area (Å²) in [6.07, 6.45) is 2.49. The number of carbonyl (C=O) groups is 2. The molecule has 1 aromatic heterocycles. The molecule has 0 aromatic carbocycles. The molecule has 6 heteroatoms. The third-order valence-corrected chi connectivity index (χ3v) is 3.78. The van der Waals surface area contributed by atoms with Crippen LogP contribution in [0.2, 0.25) is 5.15 Å². The van der Waals surface area contributed by atoms with Gasteiger partial charge >= 0.3 is 5.97 Å². The van der Waals surface area contributed by atoms with Crippen LogP contribution < -0.4 is 5.32 Å². The number of nitrogens with zero attached hydrogens (tertiary/aromatic N) is 1. The maximum absolute atomic E-state index is 12.2. The van der Waals surface area contributed by atoms with E-state index >= 15 is 0 Å². The first kappa shape index (κ1) is 14.8. The Balaban J connectivity index is 2.02. The first-order valence-electron chi connectivity index (χ1n) is 6.69. The lowest BCUT2D eigenvalue weighted by Crippen LogP contribution is -2.33. The molecule has 5 nitrogen and oxygen atoms in total. The standard InChI is InChI=1S/C14H17ClN2O3/c1-2-10-6-9(7-12(15)16-10)13(18)17-11-4-3-8(5-11)14(19)20/h6-8,11H,2-5H2,1H3,(H,17,18)(H,19,20)/t8-,11+/m1/s1. The maximum Gasteiger partial charge on any atom is 0.306 e. The molecule has 1 aliphatic carbocycles. The lowest BCUT2D eigenvalue weighted by molar-refractivity contribution is -0.141. The van der Waals surface area contributed by atoms with Gasteiger partial charge in [0.25, 0.3) is 5.91 Å². The van der Waals surface area contributed by atoms with Crippen molar-refractivity contribution in [3.8, 4) is 0 Å². The third kappa shape index (κ3) is 3.48. The first-order chi connectivity index (χ1) is 9.49. The van der Waals surface area contributed by atoms with E-state index in [1.807, 2.05) is 6.92 Å². The van der Waals surface area contributed by atoms with Crippen LogP contribution in [0.5, 0.6) is 0 Å². The number of nitrogens with one attached hydrogen (secondary N) is 1. The average molecular weight is 297 g/mol. The van der Waals surface area contributed by atoms with Gasteiger partial charge in [0.15, 0.2) is 0 Å². The number of hydrogen-bond acceptors (Lipinski definition) is 3. The zero-order valence-electron chi connectivity index (χ0n) is 11.2. The Labute approximate surface area is 122 Å². The smallest absolute Gasteiger partial charge is 0.306 e.